The van der Waals surface area contributed by atoms with Crippen LogP contribution in [0.2, 0.25) is 0 Å². The van der Waals surface area contributed by atoms with E-state index in [1.54, 1.807) is 24.3 Å². The quantitative estimate of drug-likeness (QED) is 0.434. The number of amides is 1. The van der Waals surface area contributed by atoms with Crippen LogP contribution in [-0.2, 0) is 48.6 Å². The minimum atomic E-state index is -3.50. The van der Waals surface area contributed by atoms with E-state index in [0.29, 0.717) is 72.1 Å². The first-order chi connectivity index (χ1) is 16.5. The molecule has 0 unspecified atom stereocenters. The molecule has 1 aliphatic heterocycles. The van der Waals surface area contributed by atoms with E-state index in [1.807, 2.05) is 31.2 Å². The van der Waals surface area contributed by atoms with Crippen LogP contribution >= 0.6 is 0 Å². The van der Waals surface area contributed by atoms with E-state index in [4.69, 9.17) is 14.2 Å². The number of hydrogen-bond donors (Lipinski definition) is 1. The Balaban J connectivity index is 1.41. The molecule has 0 saturated carbocycles. The van der Waals surface area contributed by atoms with Gasteiger partial charge in [0.15, 0.2) is 0 Å². The predicted octanol–water partition coefficient (Wildman–Crippen LogP) is 2.51. The van der Waals surface area contributed by atoms with Gasteiger partial charge < -0.3 is 19.5 Å². The van der Waals surface area contributed by atoms with Gasteiger partial charge in [-0.1, -0.05) is 36.4 Å². The molecule has 1 heterocycles. The topological polar surface area (TPSA) is 94.2 Å². The molecule has 3 rings (SSSR count). The highest BCUT2D eigenvalue weighted by Crippen LogP contribution is 2.18. The van der Waals surface area contributed by atoms with Crippen LogP contribution in [0.4, 0.5) is 0 Å². The predicted molar refractivity (Wildman–Crippen MR) is 129 cm³/mol. The Morgan fingerprint density at radius 2 is 1.71 bits per heavy atom. The van der Waals surface area contributed by atoms with Crippen LogP contribution in [0.25, 0.3) is 0 Å². The normalized spacial score (nSPS) is 14.7. The van der Waals surface area contributed by atoms with Crippen molar-refractivity contribution in [2.75, 3.05) is 46.1 Å². The van der Waals surface area contributed by atoms with Crippen molar-refractivity contribution in [2.24, 2.45) is 0 Å². The van der Waals surface area contributed by atoms with Gasteiger partial charge in [-0.2, -0.15) is 4.31 Å². The Morgan fingerprint density at radius 1 is 1.00 bits per heavy atom. The van der Waals surface area contributed by atoms with Gasteiger partial charge in [-0.05, 0) is 42.2 Å². The fourth-order valence-corrected chi connectivity index (χ4v) is 5.00. The average molecular weight is 491 g/mol. The monoisotopic (exact) mass is 490 g/mol. The maximum absolute atomic E-state index is 12.7. The summed E-state index contributed by atoms with van der Waals surface area (Å²) >= 11 is 0. The molecule has 0 aromatic heterocycles. The fraction of sp³-hybridized carbons (Fsp3) is 0.480. The van der Waals surface area contributed by atoms with E-state index in [9.17, 15) is 13.2 Å². The van der Waals surface area contributed by atoms with Gasteiger partial charge >= 0.3 is 0 Å². The Hall–Kier alpha value is -2.30. The van der Waals surface area contributed by atoms with E-state index in [1.165, 1.54) is 4.31 Å². The van der Waals surface area contributed by atoms with Crippen LogP contribution in [0.3, 0.4) is 0 Å². The second-order valence-electron chi connectivity index (χ2n) is 8.01. The zero-order valence-corrected chi connectivity index (χ0v) is 20.5. The molecular formula is C25H34N2O6S. The summed E-state index contributed by atoms with van der Waals surface area (Å²) in [7, 11) is -3.50. The first kappa shape index (κ1) is 26.3. The van der Waals surface area contributed by atoms with E-state index < -0.39 is 10.0 Å². The minimum absolute atomic E-state index is 0.0524. The molecule has 0 spiro atoms. The van der Waals surface area contributed by atoms with Crippen LogP contribution in [0, 0.1) is 0 Å². The number of morpholine rings is 1. The van der Waals surface area contributed by atoms with Crippen molar-refractivity contribution >= 4 is 15.9 Å². The summed E-state index contributed by atoms with van der Waals surface area (Å²) in [6, 6.07) is 14.7. The third-order valence-corrected chi connectivity index (χ3v) is 7.41. The molecule has 0 aliphatic carbocycles. The number of nitrogens with zero attached hydrogens (tertiary/aromatic N) is 1. The lowest BCUT2D eigenvalue weighted by molar-refractivity contribution is -0.121. The zero-order chi connectivity index (χ0) is 24.2. The highest BCUT2D eigenvalue weighted by Gasteiger charge is 2.26. The van der Waals surface area contributed by atoms with Crippen molar-refractivity contribution in [3.8, 4) is 0 Å². The number of aryl methyl sites for hydroxylation is 1. The second-order valence-corrected chi connectivity index (χ2v) is 9.94. The van der Waals surface area contributed by atoms with Crippen LogP contribution in [0.5, 0.6) is 0 Å². The van der Waals surface area contributed by atoms with Crippen molar-refractivity contribution in [1.82, 2.24) is 9.62 Å². The van der Waals surface area contributed by atoms with Crippen molar-refractivity contribution in [3.63, 3.8) is 0 Å². The molecule has 2 aromatic rings. The number of rotatable bonds is 13. The maximum atomic E-state index is 12.7. The van der Waals surface area contributed by atoms with Crippen molar-refractivity contribution in [1.29, 1.82) is 0 Å². The third kappa shape index (κ3) is 8.18. The molecule has 0 bridgehead atoms. The maximum Gasteiger partial charge on any atom is 0.243 e. The van der Waals surface area contributed by atoms with Crippen molar-refractivity contribution in [2.45, 2.75) is 37.8 Å². The molecule has 1 N–H and O–H groups in total. The van der Waals surface area contributed by atoms with Gasteiger partial charge in [0.05, 0.1) is 37.9 Å². The molecule has 1 aliphatic rings. The zero-order valence-electron chi connectivity index (χ0n) is 19.7. The Kier molecular flexibility index (Phi) is 10.5. The lowest BCUT2D eigenvalue weighted by atomic mass is 10.1. The fourth-order valence-electron chi connectivity index (χ4n) is 3.59. The molecule has 1 fully saturated rings. The molecule has 0 atom stereocenters. The van der Waals surface area contributed by atoms with Gasteiger partial charge in [-0.3, -0.25) is 4.79 Å². The molecule has 186 valence electrons. The van der Waals surface area contributed by atoms with Gasteiger partial charge in [-0.25, -0.2) is 8.42 Å². The van der Waals surface area contributed by atoms with E-state index in [2.05, 4.69) is 5.32 Å². The molecule has 1 saturated heterocycles. The number of nitrogens with one attached hydrogen (secondary N) is 1. The average Bonchev–Trinajstić information content (AvgIpc) is 2.87. The van der Waals surface area contributed by atoms with Crippen LogP contribution < -0.4 is 5.32 Å². The molecule has 2 aromatic carbocycles. The molecule has 34 heavy (non-hydrogen) atoms. The molecular weight excluding hydrogens is 456 g/mol. The Bertz CT molecular complexity index is 1000. The summed E-state index contributed by atoms with van der Waals surface area (Å²) in [5.41, 5.74) is 2.98. The van der Waals surface area contributed by atoms with Crippen LogP contribution in [0.15, 0.2) is 53.4 Å². The lowest BCUT2D eigenvalue weighted by Crippen LogP contribution is -2.40. The van der Waals surface area contributed by atoms with Gasteiger partial charge in [-0.15, -0.1) is 0 Å². The largest absolute Gasteiger partial charge is 0.379 e. The lowest BCUT2D eigenvalue weighted by Gasteiger charge is -2.26. The van der Waals surface area contributed by atoms with E-state index >= 15 is 0 Å². The summed E-state index contributed by atoms with van der Waals surface area (Å²) < 4.78 is 42.9. The number of benzene rings is 2. The molecule has 8 nitrogen and oxygen atoms in total. The molecule has 1 amide bonds. The van der Waals surface area contributed by atoms with Gasteiger partial charge in [0, 0.05) is 32.7 Å². The number of hydrogen-bond acceptors (Lipinski definition) is 6. The highest BCUT2D eigenvalue weighted by molar-refractivity contribution is 7.89. The van der Waals surface area contributed by atoms with E-state index in [-0.39, 0.29) is 10.8 Å². The van der Waals surface area contributed by atoms with Crippen LogP contribution in [0.1, 0.15) is 30.0 Å². The first-order valence-electron chi connectivity index (χ1n) is 11.7. The van der Waals surface area contributed by atoms with E-state index in [0.717, 1.165) is 16.7 Å². The standard InChI is InChI=1S/C25H34N2O6S/c1-2-31-16-17-33-20-23-5-3-4-22(18-23)19-26-25(28)11-8-21-6-9-24(10-7-21)34(29,30)27-12-14-32-15-13-27/h3-7,9-10,18H,2,8,11-17,19-20H2,1H3,(H,26,28). The molecule has 0 radical (unpaired) electrons. The summed E-state index contributed by atoms with van der Waals surface area (Å²) in [6.07, 6.45) is 0.868. The van der Waals surface area contributed by atoms with Crippen molar-refractivity contribution < 1.29 is 27.4 Å². The number of ether oxygens (including phenoxy) is 3. The number of carbonyl (C=O) groups is 1. The first-order valence-corrected chi connectivity index (χ1v) is 13.1. The van der Waals surface area contributed by atoms with Gasteiger partial charge in [0.25, 0.3) is 0 Å². The summed E-state index contributed by atoms with van der Waals surface area (Å²) in [5, 5.41) is 2.94. The minimum Gasteiger partial charge on any atom is -0.379 e. The summed E-state index contributed by atoms with van der Waals surface area (Å²) in [4.78, 5) is 12.6. The SMILES string of the molecule is CCOCCOCc1cccc(CNC(=O)CCc2ccc(S(=O)(=O)N3CCOCC3)cc2)c1. The van der Waals surface area contributed by atoms with Crippen molar-refractivity contribution in [3.05, 3.63) is 65.2 Å². The second kappa shape index (κ2) is 13.6. The van der Waals surface area contributed by atoms with Gasteiger partial charge in [0.2, 0.25) is 15.9 Å². The molecule has 9 heteroatoms. The van der Waals surface area contributed by atoms with Crippen LogP contribution in [-0.4, -0.2) is 64.8 Å². The van der Waals surface area contributed by atoms with Gasteiger partial charge in [0.1, 0.15) is 0 Å². The summed E-state index contributed by atoms with van der Waals surface area (Å²) in [6.45, 7) is 6.29. The summed E-state index contributed by atoms with van der Waals surface area (Å²) in [5.74, 6) is -0.0524. The Labute approximate surface area is 202 Å². The number of carbonyl (C=O) groups excluding carboxylic acids is 1. The third-order valence-electron chi connectivity index (χ3n) is 5.50. The highest BCUT2D eigenvalue weighted by atomic mass is 32.2. The smallest absolute Gasteiger partial charge is 0.243 e. The number of sulfonamides is 1. The Morgan fingerprint density at radius 3 is 2.44 bits per heavy atom.